The van der Waals surface area contributed by atoms with Crippen LogP contribution in [0, 0.1) is 0 Å². The highest BCUT2D eigenvalue weighted by Gasteiger charge is 2.23. The van der Waals surface area contributed by atoms with Crippen LogP contribution in [0.2, 0.25) is 0 Å². The van der Waals surface area contributed by atoms with Gasteiger partial charge in [-0.25, -0.2) is 0 Å². The summed E-state index contributed by atoms with van der Waals surface area (Å²) in [6, 6.07) is 16.4. The number of rotatable bonds is 5. The molecule has 0 aliphatic heterocycles. The summed E-state index contributed by atoms with van der Waals surface area (Å²) in [6.07, 6.45) is 3.25. The van der Waals surface area contributed by atoms with Gasteiger partial charge in [-0.2, -0.15) is 0 Å². The number of methoxy groups -OCH3 is 1. The van der Waals surface area contributed by atoms with E-state index in [0.29, 0.717) is 0 Å². The zero-order chi connectivity index (χ0) is 16.9. The van der Waals surface area contributed by atoms with Crippen LogP contribution in [0.15, 0.2) is 53.4 Å². The number of hydrogen-bond donors (Lipinski definition) is 1. The molecular weight excluding hydrogens is 318 g/mol. The van der Waals surface area contributed by atoms with Gasteiger partial charge in [-0.1, -0.05) is 24.3 Å². The van der Waals surface area contributed by atoms with Crippen molar-refractivity contribution < 1.29 is 9.53 Å². The number of fused-ring (bicyclic) bond motifs is 1. The Morgan fingerprint density at radius 1 is 1.21 bits per heavy atom. The zero-order valence-corrected chi connectivity index (χ0v) is 14.9. The molecule has 0 aromatic heterocycles. The number of amides is 1. The van der Waals surface area contributed by atoms with Crippen molar-refractivity contribution in [1.29, 1.82) is 0 Å². The summed E-state index contributed by atoms with van der Waals surface area (Å²) in [5.74, 6) is 0.924. The first kappa shape index (κ1) is 16.9. The molecule has 3 rings (SSSR count). The van der Waals surface area contributed by atoms with Crippen molar-refractivity contribution in [2.75, 3.05) is 7.11 Å². The first-order valence-electron chi connectivity index (χ1n) is 8.36. The first-order valence-corrected chi connectivity index (χ1v) is 9.24. The Hall–Kier alpha value is -1.94. The number of hydrogen-bond acceptors (Lipinski definition) is 3. The molecule has 0 saturated heterocycles. The fourth-order valence-electron chi connectivity index (χ4n) is 3.10. The Bertz CT molecular complexity index is 699. The Morgan fingerprint density at radius 2 is 1.96 bits per heavy atom. The maximum Gasteiger partial charge on any atom is 0.233 e. The van der Waals surface area contributed by atoms with Gasteiger partial charge in [0, 0.05) is 4.90 Å². The van der Waals surface area contributed by atoms with Crippen molar-refractivity contribution in [1.82, 2.24) is 5.32 Å². The molecule has 2 atom stereocenters. The molecule has 0 saturated carbocycles. The molecule has 0 heterocycles. The predicted molar refractivity (Wildman–Crippen MR) is 98.6 cm³/mol. The summed E-state index contributed by atoms with van der Waals surface area (Å²) in [7, 11) is 1.65. The molecule has 126 valence electrons. The van der Waals surface area contributed by atoms with Crippen LogP contribution in [0.25, 0.3) is 0 Å². The fourth-order valence-corrected chi connectivity index (χ4v) is 3.98. The number of thioether (sulfide) groups is 1. The van der Waals surface area contributed by atoms with E-state index < -0.39 is 0 Å². The van der Waals surface area contributed by atoms with Gasteiger partial charge in [-0.05, 0) is 61.6 Å². The van der Waals surface area contributed by atoms with E-state index in [1.165, 1.54) is 11.1 Å². The normalized spacial score (nSPS) is 17.7. The van der Waals surface area contributed by atoms with Gasteiger partial charge in [-0.3, -0.25) is 4.79 Å². The summed E-state index contributed by atoms with van der Waals surface area (Å²) < 4.78 is 5.17. The summed E-state index contributed by atoms with van der Waals surface area (Å²) in [4.78, 5) is 13.7. The van der Waals surface area contributed by atoms with Crippen molar-refractivity contribution in [3.8, 4) is 5.75 Å². The molecule has 4 heteroatoms. The molecule has 0 radical (unpaired) electrons. The third kappa shape index (κ3) is 3.93. The van der Waals surface area contributed by atoms with Gasteiger partial charge in [0.05, 0.1) is 18.4 Å². The van der Waals surface area contributed by atoms with Gasteiger partial charge in [0.1, 0.15) is 5.75 Å². The standard InChI is InChI=1S/C20H23NO2S/c1-14(24-17-12-10-16(23-2)11-13-17)20(22)21-19-9-5-7-15-6-3-4-8-18(15)19/h3-4,6,8,10-14,19H,5,7,9H2,1-2H3,(H,21,22). The minimum atomic E-state index is -0.132. The fraction of sp³-hybridized carbons (Fsp3) is 0.350. The molecular formula is C20H23NO2S. The lowest BCUT2D eigenvalue weighted by molar-refractivity contribution is -0.121. The third-order valence-electron chi connectivity index (χ3n) is 4.43. The third-order valence-corrected chi connectivity index (χ3v) is 5.54. The topological polar surface area (TPSA) is 38.3 Å². The molecule has 1 N–H and O–H groups in total. The molecule has 1 amide bonds. The lowest BCUT2D eigenvalue weighted by Gasteiger charge is -2.27. The van der Waals surface area contributed by atoms with E-state index >= 15 is 0 Å². The first-order chi connectivity index (χ1) is 11.7. The van der Waals surface area contributed by atoms with E-state index in [1.807, 2.05) is 31.2 Å². The molecule has 1 aliphatic carbocycles. The number of benzene rings is 2. The van der Waals surface area contributed by atoms with Crippen molar-refractivity contribution in [3.63, 3.8) is 0 Å². The van der Waals surface area contributed by atoms with Crippen LogP contribution in [0.5, 0.6) is 5.75 Å². The highest BCUT2D eigenvalue weighted by molar-refractivity contribution is 8.00. The van der Waals surface area contributed by atoms with Gasteiger partial charge >= 0.3 is 0 Å². The Balaban J connectivity index is 1.62. The molecule has 1 aliphatic rings. The Labute approximate surface area is 147 Å². The highest BCUT2D eigenvalue weighted by Crippen LogP contribution is 2.31. The highest BCUT2D eigenvalue weighted by atomic mass is 32.2. The van der Waals surface area contributed by atoms with E-state index in [1.54, 1.807) is 18.9 Å². The van der Waals surface area contributed by atoms with Crippen molar-refractivity contribution >= 4 is 17.7 Å². The molecule has 24 heavy (non-hydrogen) atoms. The SMILES string of the molecule is COc1ccc(SC(C)C(=O)NC2CCCc3ccccc32)cc1. The quantitative estimate of drug-likeness (QED) is 0.821. The average molecular weight is 341 g/mol. The second-order valence-electron chi connectivity index (χ2n) is 6.09. The number of ether oxygens (including phenoxy) is 1. The van der Waals surface area contributed by atoms with Gasteiger partial charge < -0.3 is 10.1 Å². The van der Waals surface area contributed by atoms with E-state index in [9.17, 15) is 4.79 Å². The van der Waals surface area contributed by atoms with E-state index in [-0.39, 0.29) is 17.2 Å². The molecule has 0 fully saturated rings. The van der Waals surface area contributed by atoms with E-state index in [4.69, 9.17) is 4.74 Å². The second-order valence-corrected chi connectivity index (χ2v) is 7.50. The predicted octanol–water partition coefficient (Wildman–Crippen LogP) is 4.37. The molecule has 0 bridgehead atoms. The van der Waals surface area contributed by atoms with Gasteiger partial charge in [-0.15, -0.1) is 11.8 Å². The smallest absolute Gasteiger partial charge is 0.233 e. The summed E-state index contributed by atoms with van der Waals surface area (Å²) >= 11 is 1.57. The largest absolute Gasteiger partial charge is 0.497 e. The number of carbonyl (C=O) groups is 1. The molecule has 2 aromatic carbocycles. The van der Waals surface area contributed by atoms with Crippen molar-refractivity contribution in [2.24, 2.45) is 0 Å². The lowest BCUT2D eigenvalue weighted by Crippen LogP contribution is -2.35. The van der Waals surface area contributed by atoms with Crippen LogP contribution in [0.4, 0.5) is 0 Å². The number of nitrogens with one attached hydrogen (secondary N) is 1. The minimum Gasteiger partial charge on any atom is -0.497 e. The van der Waals surface area contributed by atoms with Crippen LogP contribution >= 0.6 is 11.8 Å². The van der Waals surface area contributed by atoms with Crippen LogP contribution in [-0.4, -0.2) is 18.3 Å². The number of aryl methyl sites for hydroxylation is 1. The summed E-state index contributed by atoms with van der Waals surface area (Å²) in [5, 5.41) is 3.10. The minimum absolute atomic E-state index is 0.0949. The van der Waals surface area contributed by atoms with Gasteiger partial charge in [0.2, 0.25) is 5.91 Å². The Morgan fingerprint density at radius 3 is 2.71 bits per heavy atom. The van der Waals surface area contributed by atoms with Gasteiger partial charge in [0.15, 0.2) is 0 Å². The average Bonchev–Trinajstić information content (AvgIpc) is 2.62. The van der Waals surface area contributed by atoms with Crippen LogP contribution < -0.4 is 10.1 Å². The lowest BCUT2D eigenvalue weighted by atomic mass is 9.88. The molecule has 3 nitrogen and oxygen atoms in total. The van der Waals surface area contributed by atoms with E-state index in [2.05, 4.69) is 29.6 Å². The summed E-state index contributed by atoms with van der Waals surface area (Å²) in [5.41, 5.74) is 2.64. The molecule has 2 aromatic rings. The monoisotopic (exact) mass is 341 g/mol. The second kappa shape index (κ2) is 7.75. The van der Waals surface area contributed by atoms with Crippen LogP contribution in [0.3, 0.4) is 0 Å². The maximum absolute atomic E-state index is 12.6. The van der Waals surface area contributed by atoms with E-state index in [0.717, 1.165) is 29.9 Å². The van der Waals surface area contributed by atoms with Crippen molar-refractivity contribution in [3.05, 3.63) is 59.7 Å². The van der Waals surface area contributed by atoms with Gasteiger partial charge in [0.25, 0.3) is 0 Å². The molecule has 2 unspecified atom stereocenters. The zero-order valence-electron chi connectivity index (χ0n) is 14.1. The Kier molecular flexibility index (Phi) is 5.46. The summed E-state index contributed by atoms with van der Waals surface area (Å²) in [6.45, 7) is 1.96. The van der Waals surface area contributed by atoms with Crippen LogP contribution in [-0.2, 0) is 11.2 Å². The maximum atomic E-state index is 12.6. The van der Waals surface area contributed by atoms with Crippen LogP contribution in [0.1, 0.15) is 36.9 Å². The number of carbonyl (C=O) groups excluding carboxylic acids is 1. The van der Waals surface area contributed by atoms with Crippen molar-refractivity contribution in [2.45, 2.75) is 42.4 Å². The molecule has 0 spiro atoms.